The first-order chi connectivity index (χ1) is 9.74. The van der Waals surface area contributed by atoms with Crippen LogP contribution in [0, 0.1) is 0 Å². The summed E-state index contributed by atoms with van der Waals surface area (Å²) < 4.78 is 0. The van der Waals surface area contributed by atoms with E-state index in [9.17, 15) is 0 Å². The summed E-state index contributed by atoms with van der Waals surface area (Å²) in [5, 5.41) is 0. The molecule has 4 nitrogen and oxygen atoms in total. The Kier molecular flexibility index (Phi) is 5.15. The summed E-state index contributed by atoms with van der Waals surface area (Å²) in [6.45, 7) is 4.31. The van der Waals surface area contributed by atoms with Crippen molar-refractivity contribution in [3.05, 3.63) is 55.3 Å². The van der Waals surface area contributed by atoms with Crippen molar-refractivity contribution in [1.82, 2.24) is 14.8 Å². The minimum absolute atomic E-state index is 0. The van der Waals surface area contributed by atoms with Crippen molar-refractivity contribution >= 4 is 13.4 Å². The molecule has 0 bridgehead atoms. The molecule has 0 N–H and O–H groups in total. The average Bonchev–Trinajstić information content (AvgIpc) is 2.98. The van der Waals surface area contributed by atoms with Gasteiger partial charge in [-0.3, -0.25) is 4.98 Å². The van der Waals surface area contributed by atoms with Crippen molar-refractivity contribution < 1.29 is 20.1 Å². The number of pyridine rings is 2. The molecule has 0 atom stereocenters. The fraction of sp³-hybridized carbons (Fsp3) is 0.200. The first-order valence-corrected chi connectivity index (χ1v) is 6.69. The third-order valence-electron chi connectivity index (χ3n) is 3.28. The molecule has 0 unspecified atom stereocenters. The Morgan fingerprint density at radius 2 is 1.76 bits per heavy atom. The van der Waals surface area contributed by atoms with Gasteiger partial charge in [-0.2, -0.15) is 0 Å². The number of hydrogen-bond donors (Lipinski definition) is 0. The Morgan fingerprint density at radius 1 is 1.00 bits per heavy atom. The molecule has 6 heteroatoms. The van der Waals surface area contributed by atoms with Crippen LogP contribution in [0.15, 0.2) is 55.3 Å². The smallest absolute Gasteiger partial charge is 0.396 e. The van der Waals surface area contributed by atoms with Gasteiger partial charge in [-0.25, -0.2) is 4.98 Å². The van der Waals surface area contributed by atoms with Gasteiger partial charge in [0.2, 0.25) is 0 Å². The van der Waals surface area contributed by atoms with Crippen LogP contribution >= 0.6 is 0 Å². The van der Waals surface area contributed by atoms with Gasteiger partial charge in [-0.15, -0.1) is 0 Å². The zero-order valence-electron chi connectivity index (χ0n) is 12.0. The quantitative estimate of drug-likeness (QED) is 0.667. The molecule has 0 spiro atoms. The van der Waals surface area contributed by atoms with Gasteiger partial charge in [0.25, 0.3) is 0 Å². The molecule has 108 valence electrons. The summed E-state index contributed by atoms with van der Waals surface area (Å²) in [6.07, 6.45) is 9.56. The van der Waals surface area contributed by atoms with Crippen LogP contribution in [0.3, 0.4) is 0 Å². The normalized spacial score (nSPS) is 13.3. The number of nitrogens with zero attached hydrogens (tertiary/aromatic N) is 4. The van der Waals surface area contributed by atoms with Crippen molar-refractivity contribution in [2.45, 2.75) is 19.9 Å². The minimum atomic E-state index is 0. The molecule has 0 saturated heterocycles. The summed E-state index contributed by atoms with van der Waals surface area (Å²) >= 11 is 0. The molecule has 0 saturated carbocycles. The van der Waals surface area contributed by atoms with Crippen LogP contribution < -0.4 is 4.81 Å². The third kappa shape index (κ3) is 3.52. The van der Waals surface area contributed by atoms with Gasteiger partial charge in [0.1, 0.15) is 5.82 Å². The number of hydrogen-bond acceptors (Lipinski definition) is 4. The van der Waals surface area contributed by atoms with Crippen molar-refractivity contribution in [1.29, 1.82) is 0 Å². The number of anilines is 1. The van der Waals surface area contributed by atoms with E-state index in [2.05, 4.69) is 48.4 Å². The van der Waals surface area contributed by atoms with E-state index in [-0.39, 0.29) is 20.1 Å². The summed E-state index contributed by atoms with van der Waals surface area (Å²) in [7, 11) is 2.05. The van der Waals surface area contributed by atoms with E-state index in [1.165, 1.54) is 0 Å². The molecule has 3 rings (SSSR count). The molecule has 1 aliphatic rings. The summed E-state index contributed by atoms with van der Waals surface area (Å²) in [4.78, 5) is 12.7. The van der Waals surface area contributed by atoms with E-state index in [1.807, 2.05) is 35.4 Å². The van der Waals surface area contributed by atoms with E-state index in [0.717, 1.165) is 16.9 Å². The Hall–Kier alpha value is -1.65. The number of rotatable bonds is 3. The maximum Gasteiger partial charge on any atom is 0.396 e. The maximum absolute atomic E-state index is 4.53. The molecular weight excluding hydrogens is 439 g/mol. The molecule has 21 heavy (non-hydrogen) atoms. The second kappa shape index (κ2) is 6.88. The Balaban J connectivity index is 0.00000161. The zero-order chi connectivity index (χ0) is 13.9. The minimum Gasteiger partial charge on any atom is -0.401 e. The molecule has 0 aliphatic carbocycles. The topological polar surface area (TPSA) is 32.3 Å². The van der Waals surface area contributed by atoms with Gasteiger partial charge < -0.3 is 9.62 Å². The van der Waals surface area contributed by atoms with Crippen molar-refractivity contribution in [3.63, 3.8) is 0 Å². The predicted octanol–water partition coefficient (Wildman–Crippen LogP) is 2.68. The summed E-state index contributed by atoms with van der Waals surface area (Å²) in [6, 6.07) is 8.53. The van der Waals surface area contributed by atoms with Crippen molar-refractivity contribution in [2.24, 2.45) is 0 Å². The van der Waals surface area contributed by atoms with E-state index < -0.39 is 0 Å². The van der Waals surface area contributed by atoms with Crippen LogP contribution in [-0.4, -0.2) is 28.4 Å². The van der Waals surface area contributed by atoms with Crippen molar-refractivity contribution in [3.8, 4) is 11.1 Å². The molecule has 1 aliphatic heterocycles. The zero-order valence-corrected chi connectivity index (χ0v) is 14.4. The SMILES string of the molecule is CC(C)N1[B]N(c2ccc(-c3ccncc3)cn2)C=C1.[Ir]. The standard InChI is InChI=1S/C15H16BN4.Ir/c1-12(2)19-9-10-20(16-19)15-4-3-14(11-18-15)13-5-7-17-8-6-13;/h3-12H,1-2H3;. The molecule has 2 aromatic heterocycles. The number of aromatic nitrogens is 2. The van der Waals surface area contributed by atoms with E-state index >= 15 is 0 Å². The first kappa shape index (κ1) is 15.7. The second-order valence-electron chi connectivity index (χ2n) is 5.00. The Labute approximate surface area is 139 Å². The van der Waals surface area contributed by atoms with Gasteiger partial charge in [-0.05, 0) is 43.7 Å². The van der Waals surface area contributed by atoms with Gasteiger partial charge in [0, 0.05) is 62.7 Å². The Morgan fingerprint density at radius 3 is 2.33 bits per heavy atom. The van der Waals surface area contributed by atoms with E-state index in [0.29, 0.717) is 6.04 Å². The van der Waals surface area contributed by atoms with Crippen LogP contribution in [0.5, 0.6) is 0 Å². The fourth-order valence-electron chi connectivity index (χ4n) is 2.06. The first-order valence-electron chi connectivity index (χ1n) is 6.69. The summed E-state index contributed by atoms with van der Waals surface area (Å²) in [5.41, 5.74) is 2.23. The van der Waals surface area contributed by atoms with Gasteiger partial charge in [0.05, 0.1) is 0 Å². The van der Waals surface area contributed by atoms with Gasteiger partial charge >= 0.3 is 7.55 Å². The largest absolute Gasteiger partial charge is 0.401 e. The van der Waals surface area contributed by atoms with Crippen LogP contribution in [0.25, 0.3) is 11.1 Å². The summed E-state index contributed by atoms with van der Waals surface area (Å²) in [5.74, 6) is 0.919. The predicted molar refractivity (Wildman–Crippen MR) is 81.8 cm³/mol. The monoisotopic (exact) mass is 456 g/mol. The van der Waals surface area contributed by atoms with Crippen LogP contribution in [0.1, 0.15) is 13.8 Å². The Bertz CT molecular complexity index is 601. The molecular formula is C15H16BIrN4. The molecule has 2 radical (unpaired) electrons. The van der Waals surface area contributed by atoms with Crippen LogP contribution in [0.4, 0.5) is 5.82 Å². The van der Waals surface area contributed by atoms with Gasteiger partial charge in [-0.1, -0.05) is 0 Å². The molecule has 0 aromatic carbocycles. The van der Waals surface area contributed by atoms with E-state index in [4.69, 9.17) is 0 Å². The third-order valence-corrected chi connectivity index (χ3v) is 3.28. The molecule has 0 fully saturated rings. The molecule has 0 amide bonds. The maximum atomic E-state index is 4.53. The van der Waals surface area contributed by atoms with Crippen LogP contribution in [0.2, 0.25) is 0 Å². The fourth-order valence-corrected chi connectivity index (χ4v) is 2.06. The van der Waals surface area contributed by atoms with E-state index in [1.54, 1.807) is 12.4 Å². The molecule has 2 aromatic rings. The van der Waals surface area contributed by atoms with Gasteiger partial charge in [0.15, 0.2) is 0 Å². The molecule has 3 heterocycles. The van der Waals surface area contributed by atoms with Crippen molar-refractivity contribution in [2.75, 3.05) is 4.81 Å². The van der Waals surface area contributed by atoms with Crippen LogP contribution in [-0.2, 0) is 20.1 Å². The average molecular weight is 455 g/mol. The second-order valence-corrected chi connectivity index (χ2v) is 5.00.